The monoisotopic (exact) mass is 380 g/mol. The van der Waals surface area contributed by atoms with Crippen molar-refractivity contribution in [3.8, 4) is 0 Å². The third-order valence-electron chi connectivity index (χ3n) is 6.99. The summed E-state index contributed by atoms with van der Waals surface area (Å²) >= 11 is 0. The summed E-state index contributed by atoms with van der Waals surface area (Å²) < 4.78 is 0. The van der Waals surface area contributed by atoms with Crippen LogP contribution in [0.15, 0.2) is 65.8 Å². The van der Waals surface area contributed by atoms with Gasteiger partial charge < -0.3 is 0 Å². The van der Waals surface area contributed by atoms with Crippen molar-refractivity contribution in [1.82, 2.24) is 5.01 Å². The molecule has 0 unspecified atom stereocenters. The van der Waals surface area contributed by atoms with Gasteiger partial charge in [-0.15, -0.1) is 0 Å². The van der Waals surface area contributed by atoms with E-state index >= 15 is 0 Å². The van der Waals surface area contributed by atoms with E-state index in [0.29, 0.717) is 0 Å². The van der Waals surface area contributed by atoms with Crippen LogP contribution < -0.4 is 0 Å². The van der Waals surface area contributed by atoms with Crippen LogP contribution in [0.2, 0.25) is 0 Å². The van der Waals surface area contributed by atoms with E-state index in [1.165, 1.54) is 5.56 Å². The van der Waals surface area contributed by atoms with Gasteiger partial charge in [-0.3, -0.25) is 9.59 Å². The number of imide groups is 1. The Balaban J connectivity index is 1.48. The van der Waals surface area contributed by atoms with Crippen LogP contribution in [0.4, 0.5) is 0 Å². The average molecular weight is 380 g/mol. The van der Waals surface area contributed by atoms with Gasteiger partial charge in [-0.2, -0.15) is 10.1 Å². The predicted molar refractivity (Wildman–Crippen MR) is 113 cm³/mol. The van der Waals surface area contributed by atoms with Crippen molar-refractivity contribution in [2.45, 2.75) is 13.3 Å². The Bertz CT molecular complexity index is 1190. The van der Waals surface area contributed by atoms with Crippen molar-refractivity contribution in [1.29, 1.82) is 0 Å². The molecule has 6 rings (SSSR count). The van der Waals surface area contributed by atoms with Crippen LogP contribution in [-0.2, 0) is 9.59 Å². The fourth-order valence-electron chi connectivity index (χ4n) is 5.64. The summed E-state index contributed by atoms with van der Waals surface area (Å²) in [7, 11) is 0. The first kappa shape index (κ1) is 16.7. The van der Waals surface area contributed by atoms with Gasteiger partial charge in [0.05, 0.1) is 18.1 Å². The Morgan fingerprint density at radius 1 is 0.828 bits per heavy atom. The third kappa shape index (κ3) is 2.17. The number of aryl methyl sites for hydroxylation is 1. The summed E-state index contributed by atoms with van der Waals surface area (Å²) in [6.07, 6.45) is 6.84. The van der Waals surface area contributed by atoms with Gasteiger partial charge >= 0.3 is 0 Å². The Labute approximate surface area is 168 Å². The van der Waals surface area contributed by atoms with Crippen LogP contribution in [0, 0.1) is 30.6 Å². The summed E-state index contributed by atoms with van der Waals surface area (Å²) in [5.74, 6) is -0.338. The van der Waals surface area contributed by atoms with Crippen molar-refractivity contribution >= 4 is 39.6 Å². The number of nitrogens with zero attached hydrogens (tertiary/aromatic N) is 2. The van der Waals surface area contributed by atoms with Gasteiger partial charge in [0.1, 0.15) is 0 Å². The molecule has 3 aromatic carbocycles. The second-order valence-electron chi connectivity index (χ2n) is 8.36. The largest absolute Gasteiger partial charge is 0.272 e. The predicted octanol–water partition coefficient (Wildman–Crippen LogP) is 4.44. The molecule has 1 saturated heterocycles. The topological polar surface area (TPSA) is 49.7 Å². The molecule has 2 aliphatic carbocycles. The van der Waals surface area contributed by atoms with E-state index in [9.17, 15) is 9.59 Å². The van der Waals surface area contributed by atoms with Gasteiger partial charge in [0.2, 0.25) is 0 Å². The fraction of sp³-hybridized carbons (Fsp3) is 0.240. The SMILES string of the molecule is Cc1c2ccccc2c(/C=N\N2C(=O)[C@H]3[C@H](C2=O)[C@H]2C=C[C@H]3C2)c2ccccc12. The highest BCUT2D eigenvalue weighted by molar-refractivity contribution is 6.16. The highest BCUT2D eigenvalue weighted by Crippen LogP contribution is 2.52. The van der Waals surface area contributed by atoms with Crippen molar-refractivity contribution in [3.63, 3.8) is 0 Å². The molecule has 3 aromatic rings. The van der Waals surface area contributed by atoms with Gasteiger partial charge in [-0.1, -0.05) is 60.7 Å². The Morgan fingerprint density at radius 2 is 1.31 bits per heavy atom. The lowest BCUT2D eigenvalue weighted by atomic mass is 9.85. The molecule has 29 heavy (non-hydrogen) atoms. The third-order valence-corrected chi connectivity index (χ3v) is 6.99. The lowest BCUT2D eigenvalue weighted by Crippen LogP contribution is -2.28. The molecule has 1 aliphatic heterocycles. The van der Waals surface area contributed by atoms with Crippen LogP contribution >= 0.6 is 0 Å². The lowest BCUT2D eigenvalue weighted by Gasteiger charge is -2.14. The van der Waals surface area contributed by atoms with E-state index < -0.39 is 0 Å². The maximum absolute atomic E-state index is 12.9. The van der Waals surface area contributed by atoms with Gasteiger partial charge in [0.25, 0.3) is 11.8 Å². The normalized spacial score (nSPS) is 27.8. The van der Waals surface area contributed by atoms with Crippen LogP contribution in [0.3, 0.4) is 0 Å². The smallest absolute Gasteiger partial charge is 0.254 e. The first-order valence-electron chi connectivity index (χ1n) is 10.2. The molecule has 2 bridgehead atoms. The molecule has 142 valence electrons. The molecule has 4 nitrogen and oxygen atoms in total. The number of amides is 2. The molecular weight excluding hydrogens is 360 g/mol. The number of benzene rings is 3. The van der Waals surface area contributed by atoms with E-state index in [-0.39, 0.29) is 35.5 Å². The second kappa shape index (κ2) is 5.86. The number of fused-ring (bicyclic) bond motifs is 7. The Morgan fingerprint density at radius 3 is 1.83 bits per heavy atom. The van der Waals surface area contributed by atoms with Crippen LogP contribution in [0.5, 0.6) is 0 Å². The van der Waals surface area contributed by atoms with Gasteiger partial charge in [-0.05, 0) is 52.3 Å². The lowest BCUT2D eigenvalue weighted by molar-refractivity contribution is -0.140. The molecule has 0 aromatic heterocycles. The van der Waals surface area contributed by atoms with Crippen molar-refractivity contribution in [2.24, 2.45) is 28.8 Å². The van der Waals surface area contributed by atoms with Crippen LogP contribution in [-0.4, -0.2) is 23.0 Å². The zero-order valence-corrected chi connectivity index (χ0v) is 16.1. The number of carbonyl (C=O) groups is 2. The van der Waals surface area contributed by atoms with Crippen molar-refractivity contribution in [3.05, 3.63) is 71.8 Å². The first-order valence-corrected chi connectivity index (χ1v) is 10.2. The molecule has 0 radical (unpaired) electrons. The van der Waals surface area contributed by atoms with E-state index in [1.807, 2.05) is 24.3 Å². The molecule has 1 heterocycles. The highest BCUT2D eigenvalue weighted by Gasteiger charge is 2.59. The Hall–Kier alpha value is -3.27. The maximum atomic E-state index is 12.9. The maximum Gasteiger partial charge on any atom is 0.254 e. The summed E-state index contributed by atoms with van der Waals surface area (Å²) in [5.41, 5.74) is 2.17. The van der Waals surface area contributed by atoms with Crippen LogP contribution in [0.25, 0.3) is 21.5 Å². The van der Waals surface area contributed by atoms with E-state index in [0.717, 1.165) is 38.5 Å². The first-order chi connectivity index (χ1) is 14.1. The summed E-state index contributed by atoms with van der Waals surface area (Å²) in [5, 5.41) is 10.0. The van der Waals surface area contributed by atoms with Crippen molar-refractivity contribution in [2.75, 3.05) is 0 Å². The van der Waals surface area contributed by atoms with Crippen LogP contribution in [0.1, 0.15) is 17.5 Å². The van der Waals surface area contributed by atoms with Gasteiger partial charge in [-0.25, -0.2) is 0 Å². The molecule has 2 amide bonds. The molecule has 0 spiro atoms. The number of allylic oxidation sites excluding steroid dienone is 2. The minimum Gasteiger partial charge on any atom is -0.272 e. The molecule has 3 aliphatic rings. The molecule has 1 saturated carbocycles. The van der Waals surface area contributed by atoms with Gasteiger partial charge in [0.15, 0.2) is 0 Å². The zero-order valence-electron chi connectivity index (χ0n) is 16.1. The average Bonchev–Trinajstić information content (AvgIpc) is 3.43. The zero-order chi connectivity index (χ0) is 19.7. The highest BCUT2D eigenvalue weighted by atomic mass is 16.2. The fourth-order valence-corrected chi connectivity index (χ4v) is 5.64. The van der Waals surface area contributed by atoms with E-state index in [1.54, 1.807) is 6.21 Å². The number of hydrazone groups is 1. The quantitative estimate of drug-likeness (QED) is 0.286. The van der Waals surface area contributed by atoms with Gasteiger partial charge in [0, 0.05) is 5.56 Å². The number of hydrogen-bond acceptors (Lipinski definition) is 3. The summed E-state index contributed by atoms with van der Waals surface area (Å²) in [4.78, 5) is 25.9. The number of hydrogen-bond donors (Lipinski definition) is 0. The van der Waals surface area contributed by atoms with E-state index in [4.69, 9.17) is 0 Å². The molecule has 4 heteroatoms. The standard InChI is InChI=1S/C25H20N2O2/c1-14-17-6-2-4-8-19(17)21(20-9-5-3-7-18(14)20)13-26-27-24(28)22-15-10-11-16(12-15)23(22)25(27)29/h2-11,13,15-16,22-23H,12H2,1H3/b26-13-/t15-,16-,22+,23+/m0/s1. The molecule has 4 atom stereocenters. The Kier molecular flexibility index (Phi) is 3.37. The molecule has 0 N–H and O–H groups in total. The minimum atomic E-state index is -0.221. The minimum absolute atomic E-state index is 0.145. The number of rotatable bonds is 2. The van der Waals surface area contributed by atoms with Crippen molar-refractivity contribution < 1.29 is 9.59 Å². The second-order valence-corrected chi connectivity index (χ2v) is 8.36. The number of carbonyl (C=O) groups excluding carboxylic acids is 2. The van der Waals surface area contributed by atoms with E-state index in [2.05, 4.69) is 48.4 Å². The molecular formula is C25H20N2O2. The summed E-state index contributed by atoms with van der Waals surface area (Å²) in [6, 6.07) is 16.4. The molecule has 2 fully saturated rings. The summed E-state index contributed by atoms with van der Waals surface area (Å²) in [6.45, 7) is 2.13.